The van der Waals surface area contributed by atoms with Crippen LogP contribution in [0, 0.1) is 0 Å². The van der Waals surface area contributed by atoms with Crippen LogP contribution in [-0.4, -0.2) is 43.0 Å². The smallest absolute Gasteiger partial charge is 0.242 e. The Bertz CT molecular complexity index is 887. The van der Waals surface area contributed by atoms with Gasteiger partial charge in [0, 0.05) is 25.0 Å². The van der Waals surface area contributed by atoms with Gasteiger partial charge in [-0.3, -0.25) is 9.59 Å². The summed E-state index contributed by atoms with van der Waals surface area (Å²) in [7, 11) is 1.56. The van der Waals surface area contributed by atoms with E-state index in [1.54, 1.807) is 24.9 Å². The summed E-state index contributed by atoms with van der Waals surface area (Å²) in [6.45, 7) is 3.05. The molecule has 0 saturated carbocycles. The van der Waals surface area contributed by atoms with Gasteiger partial charge in [0.25, 0.3) is 0 Å². The molecule has 154 valence electrons. The Labute approximate surface area is 175 Å². The summed E-state index contributed by atoms with van der Waals surface area (Å²) in [6, 6.07) is 12.4. The Morgan fingerprint density at radius 1 is 1.14 bits per heavy atom. The molecule has 0 aromatic heterocycles. The van der Waals surface area contributed by atoms with Gasteiger partial charge in [0.2, 0.25) is 11.8 Å². The Kier molecular flexibility index (Phi) is 6.99. The molecule has 3 rings (SSSR count). The number of hydrogen-bond donors (Lipinski definition) is 1. The number of benzene rings is 2. The first-order valence-corrected chi connectivity index (χ1v) is 10.0. The normalized spacial score (nSPS) is 13.5. The molecule has 2 amide bonds. The van der Waals surface area contributed by atoms with Gasteiger partial charge < -0.3 is 19.7 Å². The van der Waals surface area contributed by atoms with E-state index in [1.165, 1.54) is 0 Å². The van der Waals surface area contributed by atoms with Crippen LogP contribution in [0.2, 0.25) is 5.02 Å². The zero-order valence-electron chi connectivity index (χ0n) is 16.6. The molecule has 0 aliphatic carbocycles. The highest BCUT2D eigenvalue weighted by Crippen LogP contribution is 2.31. The van der Waals surface area contributed by atoms with Gasteiger partial charge in [0.1, 0.15) is 19.3 Å². The molecular formula is C22H25ClN2O4. The monoisotopic (exact) mass is 416 g/mol. The SMILES string of the molecule is CNC(=O)C(C)N(Cc1ccccc1Cl)C(=O)CCc1ccc2c(c1)OCCO2. The van der Waals surface area contributed by atoms with Crippen LogP contribution in [0.5, 0.6) is 11.5 Å². The number of aryl methyl sites for hydroxylation is 1. The number of fused-ring (bicyclic) bond motifs is 1. The van der Waals surface area contributed by atoms with Crippen molar-refractivity contribution < 1.29 is 19.1 Å². The highest BCUT2D eigenvalue weighted by molar-refractivity contribution is 6.31. The summed E-state index contributed by atoms with van der Waals surface area (Å²) < 4.78 is 11.1. The van der Waals surface area contributed by atoms with Crippen molar-refractivity contribution in [3.05, 3.63) is 58.6 Å². The van der Waals surface area contributed by atoms with E-state index in [1.807, 2.05) is 36.4 Å². The number of halogens is 1. The molecule has 1 heterocycles. The molecule has 1 aliphatic heterocycles. The first-order chi connectivity index (χ1) is 14.0. The molecule has 0 radical (unpaired) electrons. The van der Waals surface area contributed by atoms with Gasteiger partial charge in [-0.2, -0.15) is 0 Å². The molecule has 1 N–H and O–H groups in total. The molecule has 7 heteroatoms. The van der Waals surface area contributed by atoms with Gasteiger partial charge in [-0.1, -0.05) is 35.9 Å². The fourth-order valence-electron chi connectivity index (χ4n) is 3.24. The highest BCUT2D eigenvalue weighted by Gasteiger charge is 2.26. The lowest BCUT2D eigenvalue weighted by Gasteiger charge is -2.29. The molecule has 0 fully saturated rings. The molecule has 2 aromatic carbocycles. The van der Waals surface area contributed by atoms with Gasteiger partial charge in [0.05, 0.1) is 0 Å². The maximum atomic E-state index is 13.0. The van der Waals surface area contributed by atoms with E-state index < -0.39 is 6.04 Å². The molecule has 0 spiro atoms. The van der Waals surface area contributed by atoms with E-state index in [0.29, 0.717) is 30.4 Å². The van der Waals surface area contributed by atoms with Crippen LogP contribution in [0.25, 0.3) is 0 Å². The molecule has 29 heavy (non-hydrogen) atoms. The number of rotatable bonds is 7. The molecule has 6 nitrogen and oxygen atoms in total. The number of nitrogens with zero attached hydrogens (tertiary/aromatic N) is 1. The van der Waals surface area contributed by atoms with Crippen LogP contribution in [0.4, 0.5) is 0 Å². The largest absolute Gasteiger partial charge is 0.486 e. The predicted molar refractivity (Wildman–Crippen MR) is 111 cm³/mol. The lowest BCUT2D eigenvalue weighted by molar-refractivity contribution is -0.140. The summed E-state index contributed by atoms with van der Waals surface area (Å²) in [6.07, 6.45) is 0.806. The third-order valence-corrected chi connectivity index (χ3v) is 5.32. The van der Waals surface area contributed by atoms with Gasteiger partial charge in [0.15, 0.2) is 11.5 Å². The molecule has 0 saturated heterocycles. The quantitative estimate of drug-likeness (QED) is 0.752. The predicted octanol–water partition coefficient (Wildman–Crippen LogP) is 3.21. The minimum atomic E-state index is -0.607. The fourth-order valence-corrected chi connectivity index (χ4v) is 3.44. The molecule has 1 aliphatic rings. The Morgan fingerprint density at radius 3 is 2.59 bits per heavy atom. The number of carbonyl (C=O) groups excluding carboxylic acids is 2. The van der Waals surface area contributed by atoms with E-state index >= 15 is 0 Å². The van der Waals surface area contributed by atoms with Gasteiger partial charge in [-0.15, -0.1) is 0 Å². The average Bonchev–Trinajstić information content (AvgIpc) is 2.75. The minimum absolute atomic E-state index is 0.115. The third kappa shape index (κ3) is 5.21. The van der Waals surface area contributed by atoms with Crippen molar-refractivity contribution >= 4 is 23.4 Å². The van der Waals surface area contributed by atoms with E-state index in [0.717, 1.165) is 16.9 Å². The summed E-state index contributed by atoms with van der Waals surface area (Å²) in [5.74, 6) is 1.09. The fraction of sp³-hybridized carbons (Fsp3) is 0.364. The van der Waals surface area contributed by atoms with Crippen molar-refractivity contribution in [1.29, 1.82) is 0 Å². The van der Waals surface area contributed by atoms with Crippen molar-refractivity contribution in [2.45, 2.75) is 32.4 Å². The van der Waals surface area contributed by atoms with Crippen molar-refractivity contribution in [3.63, 3.8) is 0 Å². The third-order valence-electron chi connectivity index (χ3n) is 4.95. The van der Waals surface area contributed by atoms with E-state index in [4.69, 9.17) is 21.1 Å². The average molecular weight is 417 g/mol. The Balaban J connectivity index is 1.72. The number of ether oxygens (including phenoxy) is 2. The lowest BCUT2D eigenvalue weighted by atomic mass is 10.1. The number of hydrogen-bond acceptors (Lipinski definition) is 4. The topological polar surface area (TPSA) is 67.9 Å². The highest BCUT2D eigenvalue weighted by atomic mass is 35.5. The molecule has 1 unspecified atom stereocenters. The first kappa shape index (κ1) is 21.0. The van der Waals surface area contributed by atoms with Crippen molar-refractivity contribution in [1.82, 2.24) is 10.2 Å². The van der Waals surface area contributed by atoms with Gasteiger partial charge >= 0.3 is 0 Å². The maximum absolute atomic E-state index is 13.0. The van der Waals surface area contributed by atoms with Gasteiger partial charge in [-0.05, 0) is 42.7 Å². The second-order valence-electron chi connectivity index (χ2n) is 6.88. The van der Waals surface area contributed by atoms with E-state index in [2.05, 4.69) is 5.32 Å². The van der Waals surface area contributed by atoms with E-state index in [9.17, 15) is 9.59 Å². The van der Waals surface area contributed by atoms with Crippen molar-refractivity contribution in [2.24, 2.45) is 0 Å². The second kappa shape index (κ2) is 9.65. The number of amides is 2. The van der Waals surface area contributed by atoms with Crippen LogP contribution in [0.15, 0.2) is 42.5 Å². The molecular weight excluding hydrogens is 392 g/mol. The first-order valence-electron chi connectivity index (χ1n) is 9.62. The van der Waals surface area contributed by atoms with Crippen molar-refractivity contribution in [3.8, 4) is 11.5 Å². The summed E-state index contributed by atoms with van der Waals surface area (Å²) >= 11 is 6.27. The van der Waals surface area contributed by atoms with Crippen molar-refractivity contribution in [2.75, 3.05) is 20.3 Å². The Hall–Kier alpha value is -2.73. The van der Waals surface area contributed by atoms with Crippen LogP contribution in [-0.2, 0) is 22.6 Å². The zero-order valence-corrected chi connectivity index (χ0v) is 17.4. The standard InChI is InChI=1S/C22H25ClN2O4/c1-15(22(27)24-2)25(14-17-5-3-4-6-18(17)23)21(26)10-8-16-7-9-19-20(13-16)29-12-11-28-19/h3-7,9,13,15H,8,10-12,14H2,1-2H3,(H,24,27). The van der Waals surface area contributed by atoms with Crippen LogP contribution >= 0.6 is 11.6 Å². The maximum Gasteiger partial charge on any atom is 0.242 e. The van der Waals surface area contributed by atoms with Gasteiger partial charge in [-0.25, -0.2) is 0 Å². The minimum Gasteiger partial charge on any atom is -0.486 e. The van der Waals surface area contributed by atoms with E-state index in [-0.39, 0.29) is 24.8 Å². The zero-order chi connectivity index (χ0) is 20.8. The van der Waals surface area contributed by atoms with Crippen LogP contribution in [0.1, 0.15) is 24.5 Å². The summed E-state index contributed by atoms with van der Waals surface area (Å²) in [4.78, 5) is 26.8. The molecule has 2 aromatic rings. The lowest BCUT2D eigenvalue weighted by Crippen LogP contribution is -2.46. The molecule has 0 bridgehead atoms. The Morgan fingerprint density at radius 2 is 1.86 bits per heavy atom. The number of nitrogens with one attached hydrogen (secondary N) is 1. The molecule has 1 atom stereocenters. The second-order valence-corrected chi connectivity index (χ2v) is 7.29. The summed E-state index contributed by atoms with van der Waals surface area (Å²) in [5.41, 5.74) is 1.78. The van der Waals surface area contributed by atoms with Crippen LogP contribution in [0.3, 0.4) is 0 Å². The number of carbonyl (C=O) groups is 2. The summed E-state index contributed by atoms with van der Waals surface area (Å²) in [5, 5.41) is 3.18. The number of likely N-dealkylation sites (N-methyl/N-ethyl adjacent to an activating group) is 1. The van der Waals surface area contributed by atoms with Crippen LogP contribution < -0.4 is 14.8 Å².